The molecule has 0 unspecified atom stereocenters. The SMILES string of the molecule is Cc1ccnc(-c2c(C)nn(C)c2C)c1N. The molecular formula is C12H16N4. The van der Waals surface area contributed by atoms with Crippen LogP contribution >= 0.6 is 0 Å². The van der Waals surface area contributed by atoms with Crippen LogP contribution in [0.25, 0.3) is 11.3 Å². The molecule has 0 aliphatic carbocycles. The molecule has 0 aliphatic heterocycles. The van der Waals surface area contributed by atoms with Crippen molar-refractivity contribution in [3.8, 4) is 11.3 Å². The fourth-order valence-electron chi connectivity index (χ4n) is 1.89. The highest BCUT2D eigenvalue weighted by atomic mass is 15.3. The summed E-state index contributed by atoms with van der Waals surface area (Å²) in [5.41, 5.74) is 11.8. The summed E-state index contributed by atoms with van der Waals surface area (Å²) in [6.45, 7) is 5.99. The first-order chi connectivity index (χ1) is 7.52. The minimum atomic E-state index is 0.738. The van der Waals surface area contributed by atoms with E-state index in [2.05, 4.69) is 10.1 Å². The summed E-state index contributed by atoms with van der Waals surface area (Å²) in [7, 11) is 1.93. The van der Waals surface area contributed by atoms with E-state index in [1.165, 1.54) is 0 Å². The lowest BCUT2D eigenvalue weighted by molar-refractivity contribution is 0.731. The molecule has 0 radical (unpaired) electrons. The number of rotatable bonds is 1. The number of nitrogens with zero attached hydrogens (tertiary/aromatic N) is 3. The van der Waals surface area contributed by atoms with E-state index in [4.69, 9.17) is 5.73 Å². The molecule has 0 aromatic carbocycles. The van der Waals surface area contributed by atoms with E-state index in [1.807, 2.05) is 38.6 Å². The zero-order chi connectivity index (χ0) is 11.9. The largest absolute Gasteiger partial charge is 0.397 e. The second-order valence-electron chi connectivity index (χ2n) is 4.06. The van der Waals surface area contributed by atoms with Crippen LogP contribution < -0.4 is 5.73 Å². The molecule has 2 heterocycles. The van der Waals surface area contributed by atoms with Gasteiger partial charge in [-0.05, 0) is 32.4 Å². The molecule has 0 amide bonds. The van der Waals surface area contributed by atoms with Gasteiger partial charge in [0.25, 0.3) is 0 Å². The van der Waals surface area contributed by atoms with Gasteiger partial charge >= 0.3 is 0 Å². The third-order valence-corrected chi connectivity index (χ3v) is 2.95. The van der Waals surface area contributed by atoms with Gasteiger partial charge in [-0.25, -0.2) is 0 Å². The Morgan fingerprint density at radius 1 is 1.25 bits per heavy atom. The fraction of sp³-hybridized carbons (Fsp3) is 0.333. The average molecular weight is 216 g/mol. The molecule has 0 aliphatic rings. The summed E-state index contributed by atoms with van der Waals surface area (Å²) in [6, 6.07) is 1.92. The molecule has 0 spiro atoms. The van der Waals surface area contributed by atoms with Gasteiger partial charge in [-0.2, -0.15) is 5.10 Å². The minimum Gasteiger partial charge on any atom is -0.397 e. The van der Waals surface area contributed by atoms with Crippen LogP contribution in [0.4, 0.5) is 5.69 Å². The van der Waals surface area contributed by atoms with Crippen LogP contribution in [0, 0.1) is 20.8 Å². The molecule has 2 N–H and O–H groups in total. The number of nitrogens with two attached hydrogens (primary N) is 1. The van der Waals surface area contributed by atoms with Gasteiger partial charge in [0.05, 0.1) is 17.1 Å². The van der Waals surface area contributed by atoms with E-state index in [1.54, 1.807) is 6.20 Å². The van der Waals surface area contributed by atoms with Crippen molar-refractivity contribution in [3.63, 3.8) is 0 Å². The zero-order valence-corrected chi connectivity index (χ0v) is 10.1. The Balaban J connectivity index is 2.72. The number of anilines is 1. The summed E-state index contributed by atoms with van der Waals surface area (Å²) >= 11 is 0. The van der Waals surface area contributed by atoms with E-state index in [0.29, 0.717) is 0 Å². The van der Waals surface area contributed by atoms with Crippen LogP contribution in [0.5, 0.6) is 0 Å². The molecule has 0 atom stereocenters. The molecule has 0 saturated heterocycles. The van der Waals surface area contributed by atoms with Crippen LogP contribution in [0.3, 0.4) is 0 Å². The molecule has 0 fully saturated rings. The van der Waals surface area contributed by atoms with Gasteiger partial charge in [-0.15, -0.1) is 0 Å². The van der Waals surface area contributed by atoms with Gasteiger partial charge in [-0.3, -0.25) is 9.67 Å². The Morgan fingerprint density at radius 2 is 1.94 bits per heavy atom. The van der Waals surface area contributed by atoms with Crippen LogP contribution in [-0.2, 0) is 7.05 Å². The number of hydrogen-bond donors (Lipinski definition) is 1. The van der Waals surface area contributed by atoms with Crippen LogP contribution in [0.2, 0.25) is 0 Å². The summed E-state index contributed by atoms with van der Waals surface area (Å²) in [5.74, 6) is 0. The first-order valence-corrected chi connectivity index (χ1v) is 5.24. The van der Waals surface area contributed by atoms with Gasteiger partial charge in [0.2, 0.25) is 0 Å². The van der Waals surface area contributed by atoms with E-state index < -0.39 is 0 Å². The third-order valence-electron chi connectivity index (χ3n) is 2.95. The monoisotopic (exact) mass is 216 g/mol. The highest BCUT2D eigenvalue weighted by molar-refractivity contribution is 5.77. The molecule has 16 heavy (non-hydrogen) atoms. The molecule has 2 aromatic heterocycles. The van der Waals surface area contributed by atoms with Gasteiger partial charge in [-0.1, -0.05) is 0 Å². The smallest absolute Gasteiger partial charge is 0.0970 e. The minimum absolute atomic E-state index is 0.738. The third kappa shape index (κ3) is 1.46. The maximum atomic E-state index is 6.06. The number of pyridine rings is 1. The van der Waals surface area contributed by atoms with Crippen molar-refractivity contribution < 1.29 is 0 Å². The zero-order valence-electron chi connectivity index (χ0n) is 10.1. The normalized spacial score (nSPS) is 10.8. The van der Waals surface area contributed by atoms with E-state index in [-0.39, 0.29) is 0 Å². The topological polar surface area (TPSA) is 56.7 Å². The Labute approximate surface area is 95.1 Å². The number of aromatic nitrogens is 3. The summed E-state index contributed by atoms with van der Waals surface area (Å²) < 4.78 is 1.86. The van der Waals surface area contributed by atoms with Gasteiger partial charge in [0.15, 0.2) is 0 Å². The van der Waals surface area contributed by atoms with Crippen molar-refractivity contribution in [2.75, 3.05) is 5.73 Å². The lowest BCUT2D eigenvalue weighted by Crippen LogP contribution is -1.98. The molecule has 0 saturated carbocycles. The summed E-state index contributed by atoms with van der Waals surface area (Å²) in [4.78, 5) is 4.37. The van der Waals surface area contributed by atoms with Crippen molar-refractivity contribution in [2.24, 2.45) is 7.05 Å². The first-order valence-electron chi connectivity index (χ1n) is 5.24. The number of nitrogen functional groups attached to an aromatic ring is 1. The lowest BCUT2D eigenvalue weighted by Gasteiger charge is -2.07. The van der Waals surface area contributed by atoms with Gasteiger partial charge in [0, 0.05) is 24.5 Å². The standard InChI is InChI=1S/C12H16N4/c1-7-5-6-14-12(11(7)13)10-8(2)15-16(4)9(10)3/h5-6H,13H2,1-4H3. The maximum Gasteiger partial charge on any atom is 0.0970 e. The average Bonchev–Trinajstić information content (AvgIpc) is 2.47. The van der Waals surface area contributed by atoms with Crippen LogP contribution in [0.15, 0.2) is 12.3 Å². The number of aryl methyl sites for hydroxylation is 3. The van der Waals surface area contributed by atoms with Crippen molar-refractivity contribution in [3.05, 3.63) is 29.2 Å². The van der Waals surface area contributed by atoms with Crippen LogP contribution in [0.1, 0.15) is 17.0 Å². The molecule has 4 heteroatoms. The first kappa shape index (κ1) is 10.7. The molecular weight excluding hydrogens is 200 g/mol. The molecule has 2 rings (SSSR count). The number of hydrogen-bond acceptors (Lipinski definition) is 3. The van der Waals surface area contributed by atoms with Crippen molar-refractivity contribution in [1.82, 2.24) is 14.8 Å². The quantitative estimate of drug-likeness (QED) is 0.793. The van der Waals surface area contributed by atoms with E-state index >= 15 is 0 Å². The summed E-state index contributed by atoms with van der Waals surface area (Å²) in [5, 5.41) is 4.38. The summed E-state index contributed by atoms with van der Waals surface area (Å²) in [6.07, 6.45) is 1.78. The Hall–Kier alpha value is -1.84. The maximum absolute atomic E-state index is 6.06. The second-order valence-corrected chi connectivity index (χ2v) is 4.06. The molecule has 0 bridgehead atoms. The van der Waals surface area contributed by atoms with Crippen molar-refractivity contribution >= 4 is 5.69 Å². The highest BCUT2D eigenvalue weighted by Crippen LogP contribution is 2.30. The predicted octanol–water partition coefficient (Wildman–Crippen LogP) is 1.99. The molecule has 84 valence electrons. The Bertz CT molecular complexity index is 540. The van der Waals surface area contributed by atoms with E-state index in [9.17, 15) is 0 Å². The van der Waals surface area contributed by atoms with Gasteiger partial charge in [0.1, 0.15) is 0 Å². The van der Waals surface area contributed by atoms with E-state index in [0.717, 1.165) is 33.9 Å². The Morgan fingerprint density at radius 3 is 2.50 bits per heavy atom. The molecule has 4 nitrogen and oxygen atoms in total. The fourth-order valence-corrected chi connectivity index (χ4v) is 1.89. The highest BCUT2D eigenvalue weighted by Gasteiger charge is 2.15. The van der Waals surface area contributed by atoms with Crippen LogP contribution in [-0.4, -0.2) is 14.8 Å². The van der Waals surface area contributed by atoms with Gasteiger partial charge < -0.3 is 5.73 Å². The Kier molecular flexibility index (Phi) is 2.42. The predicted molar refractivity (Wildman–Crippen MR) is 65.1 cm³/mol. The van der Waals surface area contributed by atoms with Crippen molar-refractivity contribution in [2.45, 2.75) is 20.8 Å². The lowest BCUT2D eigenvalue weighted by atomic mass is 10.1. The second kappa shape index (κ2) is 3.63. The van der Waals surface area contributed by atoms with Crippen molar-refractivity contribution in [1.29, 1.82) is 0 Å². The molecule has 2 aromatic rings.